The molecule has 0 radical (unpaired) electrons. The van der Waals surface area contributed by atoms with E-state index in [1.54, 1.807) is 22.3 Å². The largest absolute Gasteiger partial charge is 0.491 e. The molecule has 1 aromatic heterocycles. The molecule has 0 saturated heterocycles. The number of nitrogens with zero attached hydrogens (tertiary/aromatic N) is 2. The molecular weight excluding hydrogens is 487 g/mol. The molecule has 2 atom stereocenters. The number of ether oxygens (including phenoxy) is 1. The molecule has 0 spiro atoms. The van der Waals surface area contributed by atoms with Gasteiger partial charge in [0.1, 0.15) is 24.7 Å². The summed E-state index contributed by atoms with van der Waals surface area (Å²) in [6.45, 7) is 9.03. The number of hydrogen-bond donors (Lipinski definition) is 0. The minimum atomic E-state index is -0.471. The van der Waals surface area contributed by atoms with Crippen molar-refractivity contribution in [3.8, 4) is 5.75 Å². The summed E-state index contributed by atoms with van der Waals surface area (Å²) >= 11 is 1.70. The lowest BCUT2D eigenvalue weighted by Gasteiger charge is -2.38. The van der Waals surface area contributed by atoms with E-state index in [-0.39, 0.29) is 36.0 Å². The highest BCUT2D eigenvalue weighted by atomic mass is 32.1. The van der Waals surface area contributed by atoms with E-state index < -0.39 is 5.82 Å². The van der Waals surface area contributed by atoms with Gasteiger partial charge in [-0.2, -0.15) is 0 Å². The third-order valence-electron chi connectivity index (χ3n) is 7.13. The number of fused-ring (bicyclic) bond motifs is 1. The quantitative estimate of drug-likeness (QED) is 0.324. The highest BCUT2D eigenvalue weighted by molar-refractivity contribution is 7.10. The number of amides is 2. The summed E-state index contributed by atoms with van der Waals surface area (Å²) in [6, 6.07) is 15.4. The monoisotopic (exact) mass is 522 g/mol. The topological polar surface area (TPSA) is 49.9 Å². The van der Waals surface area contributed by atoms with E-state index in [1.165, 1.54) is 28.6 Å². The maximum Gasteiger partial charge on any atom is 0.254 e. The molecular formula is C30H35FN2O3S. The van der Waals surface area contributed by atoms with Crippen LogP contribution in [0.1, 0.15) is 72.4 Å². The first-order chi connectivity index (χ1) is 17.8. The van der Waals surface area contributed by atoms with Crippen molar-refractivity contribution in [2.75, 3.05) is 19.7 Å². The Hall–Kier alpha value is -3.19. The van der Waals surface area contributed by atoms with Gasteiger partial charge >= 0.3 is 0 Å². The average molecular weight is 523 g/mol. The average Bonchev–Trinajstić information content (AvgIpc) is 3.39. The van der Waals surface area contributed by atoms with Gasteiger partial charge in [-0.25, -0.2) is 4.39 Å². The molecule has 2 aromatic carbocycles. The number of rotatable bonds is 9. The van der Waals surface area contributed by atoms with Gasteiger partial charge in [-0.15, -0.1) is 11.3 Å². The zero-order chi connectivity index (χ0) is 26.5. The van der Waals surface area contributed by atoms with Gasteiger partial charge in [-0.3, -0.25) is 9.59 Å². The van der Waals surface area contributed by atoms with Crippen LogP contribution < -0.4 is 4.74 Å². The van der Waals surface area contributed by atoms with Crippen molar-refractivity contribution < 1.29 is 18.7 Å². The van der Waals surface area contributed by atoms with E-state index in [2.05, 4.69) is 37.4 Å². The summed E-state index contributed by atoms with van der Waals surface area (Å²) in [5, 5.41) is 2.06. The van der Waals surface area contributed by atoms with Crippen LogP contribution in [0, 0.1) is 5.82 Å². The molecule has 0 saturated carbocycles. The standard InChI is InChI=1S/C30H35FN2O3S/c1-5-21(4)33(30(35)23-7-6-8-24(31)17-23)18-29(34)32-15-13-28-26(14-16-37-28)27(32)19-36-25-11-9-22(10-12-25)20(2)3/h6-12,14,16-17,20-21,27H,5,13,15,18-19H2,1-4H3. The first-order valence-electron chi connectivity index (χ1n) is 12.9. The summed E-state index contributed by atoms with van der Waals surface area (Å²) in [5.41, 5.74) is 2.60. The van der Waals surface area contributed by atoms with Crippen molar-refractivity contribution in [1.29, 1.82) is 0 Å². The van der Waals surface area contributed by atoms with Crippen molar-refractivity contribution in [2.24, 2.45) is 0 Å². The highest BCUT2D eigenvalue weighted by Gasteiger charge is 2.34. The second kappa shape index (κ2) is 11.9. The lowest BCUT2D eigenvalue weighted by molar-refractivity contribution is -0.136. The van der Waals surface area contributed by atoms with E-state index in [9.17, 15) is 14.0 Å². The van der Waals surface area contributed by atoms with Crippen LogP contribution in [0.15, 0.2) is 60.0 Å². The molecule has 0 bridgehead atoms. The second-order valence-corrected chi connectivity index (χ2v) is 10.9. The summed E-state index contributed by atoms with van der Waals surface area (Å²) < 4.78 is 20.0. The fourth-order valence-corrected chi connectivity index (χ4v) is 5.60. The van der Waals surface area contributed by atoms with Crippen molar-refractivity contribution in [3.05, 3.63) is 87.4 Å². The number of hydrogen-bond acceptors (Lipinski definition) is 4. The van der Waals surface area contributed by atoms with Crippen LogP contribution >= 0.6 is 11.3 Å². The van der Waals surface area contributed by atoms with Crippen LogP contribution in [-0.2, 0) is 11.2 Å². The molecule has 1 aliphatic heterocycles. The summed E-state index contributed by atoms with van der Waals surface area (Å²) in [7, 11) is 0. The minimum Gasteiger partial charge on any atom is -0.491 e. The number of benzene rings is 2. The Bertz CT molecular complexity index is 1220. The van der Waals surface area contributed by atoms with Crippen LogP contribution in [0.25, 0.3) is 0 Å². The first-order valence-corrected chi connectivity index (χ1v) is 13.8. The Kier molecular flexibility index (Phi) is 8.64. The molecule has 2 unspecified atom stereocenters. The Balaban J connectivity index is 1.53. The van der Waals surface area contributed by atoms with E-state index in [4.69, 9.17) is 4.74 Å². The Labute approximate surface area is 222 Å². The van der Waals surface area contributed by atoms with Gasteiger partial charge < -0.3 is 14.5 Å². The van der Waals surface area contributed by atoms with Crippen molar-refractivity contribution >= 4 is 23.2 Å². The molecule has 0 N–H and O–H groups in total. The van der Waals surface area contributed by atoms with E-state index in [1.807, 2.05) is 30.9 Å². The van der Waals surface area contributed by atoms with E-state index in [0.29, 0.717) is 25.5 Å². The molecule has 2 amide bonds. The zero-order valence-corrected chi connectivity index (χ0v) is 22.8. The van der Waals surface area contributed by atoms with E-state index >= 15 is 0 Å². The lowest BCUT2D eigenvalue weighted by Crippen LogP contribution is -2.49. The molecule has 0 fully saturated rings. The molecule has 2 heterocycles. The maximum absolute atomic E-state index is 13.8. The van der Waals surface area contributed by atoms with Crippen LogP contribution in [0.3, 0.4) is 0 Å². The van der Waals surface area contributed by atoms with Gasteiger partial charge in [-0.1, -0.05) is 39.0 Å². The fourth-order valence-electron chi connectivity index (χ4n) is 4.67. The van der Waals surface area contributed by atoms with Gasteiger partial charge in [-0.05, 0) is 78.6 Å². The predicted octanol–water partition coefficient (Wildman–Crippen LogP) is 6.46. The van der Waals surface area contributed by atoms with Gasteiger partial charge in [0.05, 0.1) is 6.04 Å². The Morgan fingerprint density at radius 2 is 1.89 bits per heavy atom. The summed E-state index contributed by atoms with van der Waals surface area (Å²) in [4.78, 5) is 31.7. The Morgan fingerprint density at radius 3 is 2.57 bits per heavy atom. The van der Waals surface area contributed by atoms with Crippen molar-refractivity contribution in [1.82, 2.24) is 9.80 Å². The predicted molar refractivity (Wildman–Crippen MR) is 146 cm³/mol. The molecule has 5 nitrogen and oxygen atoms in total. The maximum atomic E-state index is 13.8. The SMILES string of the molecule is CCC(C)N(CC(=O)N1CCc2sccc2C1COc1ccc(C(C)C)cc1)C(=O)c1cccc(F)c1. The van der Waals surface area contributed by atoms with Gasteiger partial charge in [0.15, 0.2) is 0 Å². The summed E-state index contributed by atoms with van der Waals surface area (Å²) in [5.74, 6) is 0.263. The molecule has 1 aliphatic rings. The lowest BCUT2D eigenvalue weighted by atomic mass is 10.00. The zero-order valence-electron chi connectivity index (χ0n) is 21.9. The van der Waals surface area contributed by atoms with Crippen LogP contribution in [0.2, 0.25) is 0 Å². The van der Waals surface area contributed by atoms with Gasteiger partial charge in [0, 0.05) is 23.0 Å². The molecule has 0 aliphatic carbocycles. The number of carbonyl (C=O) groups is 2. The normalized spacial score (nSPS) is 15.8. The highest BCUT2D eigenvalue weighted by Crippen LogP contribution is 2.34. The third kappa shape index (κ3) is 6.21. The van der Waals surface area contributed by atoms with Crippen LogP contribution in [0.5, 0.6) is 5.75 Å². The molecule has 4 rings (SSSR count). The molecule has 3 aromatic rings. The van der Waals surface area contributed by atoms with Crippen molar-refractivity contribution in [2.45, 2.75) is 58.5 Å². The van der Waals surface area contributed by atoms with Crippen LogP contribution in [0.4, 0.5) is 4.39 Å². The second-order valence-electron chi connectivity index (χ2n) is 9.89. The van der Waals surface area contributed by atoms with E-state index in [0.717, 1.165) is 17.7 Å². The number of carbonyl (C=O) groups excluding carboxylic acids is 2. The Morgan fingerprint density at radius 1 is 1.14 bits per heavy atom. The van der Waals surface area contributed by atoms with Gasteiger partial charge in [0.2, 0.25) is 5.91 Å². The van der Waals surface area contributed by atoms with Crippen molar-refractivity contribution in [3.63, 3.8) is 0 Å². The third-order valence-corrected chi connectivity index (χ3v) is 8.13. The summed E-state index contributed by atoms with van der Waals surface area (Å²) in [6.07, 6.45) is 1.46. The van der Waals surface area contributed by atoms with Crippen LogP contribution in [-0.4, -0.2) is 47.4 Å². The number of thiophene rings is 1. The smallest absolute Gasteiger partial charge is 0.254 e. The minimum absolute atomic E-state index is 0.0661. The molecule has 196 valence electrons. The first kappa shape index (κ1) is 26.9. The van der Waals surface area contributed by atoms with Gasteiger partial charge in [0.25, 0.3) is 5.91 Å². The molecule has 37 heavy (non-hydrogen) atoms. The molecule has 7 heteroatoms. The fraction of sp³-hybridized carbons (Fsp3) is 0.400. The number of halogens is 1.